The third kappa shape index (κ3) is 2.56. The van der Waals surface area contributed by atoms with Crippen molar-refractivity contribution in [2.24, 2.45) is 0 Å². The first-order chi connectivity index (χ1) is 8.72. The van der Waals surface area contributed by atoms with Crippen LogP contribution in [-0.4, -0.2) is 41.5 Å². The van der Waals surface area contributed by atoms with E-state index in [4.69, 9.17) is 11.6 Å². The van der Waals surface area contributed by atoms with Crippen molar-refractivity contribution in [3.05, 3.63) is 34.9 Å². The van der Waals surface area contributed by atoms with E-state index in [0.29, 0.717) is 6.04 Å². The summed E-state index contributed by atoms with van der Waals surface area (Å²) >= 11 is 6.06. The fourth-order valence-corrected chi connectivity index (χ4v) is 3.55. The molecular weight excluding hydrogens is 244 g/mol. The van der Waals surface area contributed by atoms with E-state index in [9.17, 15) is 0 Å². The number of fused-ring (bicyclic) bond motifs is 1. The van der Waals surface area contributed by atoms with Crippen molar-refractivity contribution in [1.29, 1.82) is 0 Å². The third-order valence-corrected chi connectivity index (χ3v) is 4.58. The summed E-state index contributed by atoms with van der Waals surface area (Å²) in [5.74, 6) is 0. The molecule has 0 aromatic heterocycles. The highest BCUT2D eigenvalue weighted by Crippen LogP contribution is 2.26. The van der Waals surface area contributed by atoms with E-state index < -0.39 is 0 Å². The zero-order valence-corrected chi connectivity index (χ0v) is 11.7. The van der Waals surface area contributed by atoms with Gasteiger partial charge in [0.1, 0.15) is 0 Å². The maximum atomic E-state index is 6.06. The summed E-state index contributed by atoms with van der Waals surface area (Å²) in [7, 11) is 0. The SMILES string of the molecule is C[C@@H]1CN2CCC[C@@H]2CN1Cc1cccc(Cl)c1. The molecular formula is C15H21ClN2. The number of nitrogens with zero attached hydrogens (tertiary/aromatic N) is 2. The van der Waals surface area contributed by atoms with E-state index in [1.807, 2.05) is 12.1 Å². The van der Waals surface area contributed by atoms with Crippen molar-refractivity contribution in [3.8, 4) is 0 Å². The Kier molecular flexibility index (Phi) is 3.60. The molecule has 2 nitrogen and oxygen atoms in total. The second-order valence-electron chi connectivity index (χ2n) is 5.70. The second-order valence-corrected chi connectivity index (χ2v) is 6.14. The van der Waals surface area contributed by atoms with Gasteiger partial charge in [-0.15, -0.1) is 0 Å². The smallest absolute Gasteiger partial charge is 0.0409 e. The van der Waals surface area contributed by atoms with Gasteiger partial charge in [-0.2, -0.15) is 0 Å². The summed E-state index contributed by atoms with van der Waals surface area (Å²) in [6, 6.07) is 9.71. The summed E-state index contributed by atoms with van der Waals surface area (Å²) in [5, 5.41) is 0.847. The van der Waals surface area contributed by atoms with Crippen molar-refractivity contribution in [1.82, 2.24) is 9.80 Å². The molecule has 3 rings (SSSR count). The Morgan fingerprint density at radius 1 is 1.33 bits per heavy atom. The predicted octanol–water partition coefficient (Wildman–Crippen LogP) is 3.01. The van der Waals surface area contributed by atoms with Crippen LogP contribution in [0, 0.1) is 0 Å². The summed E-state index contributed by atoms with van der Waals surface area (Å²) < 4.78 is 0. The normalized spacial score (nSPS) is 29.4. The summed E-state index contributed by atoms with van der Waals surface area (Å²) in [5.41, 5.74) is 1.33. The number of hydrogen-bond donors (Lipinski definition) is 0. The van der Waals surface area contributed by atoms with Gasteiger partial charge in [0.15, 0.2) is 0 Å². The minimum atomic E-state index is 0.651. The van der Waals surface area contributed by atoms with Gasteiger partial charge in [0.25, 0.3) is 0 Å². The molecule has 3 heteroatoms. The molecule has 0 bridgehead atoms. The molecule has 0 amide bonds. The molecule has 98 valence electrons. The van der Waals surface area contributed by atoms with Crippen LogP contribution in [0.5, 0.6) is 0 Å². The van der Waals surface area contributed by atoms with Gasteiger partial charge >= 0.3 is 0 Å². The molecule has 0 spiro atoms. The van der Waals surface area contributed by atoms with Crippen LogP contribution in [0.3, 0.4) is 0 Å². The Labute approximate surface area is 115 Å². The summed E-state index contributed by atoms with van der Waals surface area (Å²) in [6.45, 7) is 7.13. The Balaban J connectivity index is 1.68. The van der Waals surface area contributed by atoms with Crippen LogP contribution in [0.15, 0.2) is 24.3 Å². The molecule has 2 aliphatic rings. The largest absolute Gasteiger partial charge is 0.298 e. The zero-order chi connectivity index (χ0) is 12.5. The van der Waals surface area contributed by atoms with E-state index in [1.165, 1.54) is 38.0 Å². The Hall–Kier alpha value is -0.570. The number of halogens is 1. The predicted molar refractivity (Wildman–Crippen MR) is 75.9 cm³/mol. The Morgan fingerprint density at radius 3 is 3.06 bits per heavy atom. The van der Waals surface area contributed by atoms with Gasteiger partial charge in [-0.3, -0.25) is 9.80 Å². The van der Waals surface area contributed by atoms with Gasteiger partial charge in [-0.1, -0.05) is 23.7 Å². The Bertz CT molecular complexity index is 421. The minimum Gasteiger partial charge on any atom is -0.298 e. The first-order valence-electron chi connectivity index (χ1n) is 6.95. The number of rotatable bonds is 2. The van der Waals surface area contributed by atoms with E-state index in [2.05, 4.69) is 28.9 Å². The van der Waals surface area contributed by atoms with E-state index in [0.717, 1.165) is 17.6 Å². The van der Waals surface area contributed by atoms with Crippen molar-refractivity contribution >= 4 is 11.6 Å². The molecule has 2 saturated heterocycles. The lowest BCUT2D eigenvalue weighted by molar-refractivity contribution is 0.0540. The summed E-state index contributed by atoms with van der Waals surface area (Å²) in [4.78, 5) is 5.28. The standard InChI is InChI=1S/C15H21ClN2/c1-12-9-17-7-3-6-15(17)11-18(12)10-13-4-2-5-14(16)8-13/h2,4-5,8,12,15H,3,6-7,9-11H2,1H3/t12-,15-/m1/s1. The molecule has 2 atom stereocenters. The fraction of sp³-hybridized carbons (Fsp3) is 0.600. The molecule has 18 heavy (non-hydrogen) atoms. The van der Waals surface area contributed by atoms with E-state index in [1.54, 1.807) is 0 Å². The van der Waals surface area contributed by atoms with Crippen molar-refractivity contribution in [3.63, 3.8) is 0 Å². The van der Waals surface area contributed by atoms with Crippen LogP contribution >= 0.6 is 11.6 Å². The maximum Gasteiger partial charge on any atom is 0.0409 e. The molecule has 0 aliphatic carbocycles. The first kappa shape index (κ1) is 12.5. The van der Waals surface area contributed by atoms with Gasteiger partial charge in [-0.25, -0.2) is 0 Å². The highest BCUT2D eigenvalue weighted by molar-refractivity contribution is 6.30. The van der Waals surface area contributed by atoms with E-state index in [-0.39, 0.29) is 0 Å². The van der Waals surface area contributed by atoms with Crippen LogP contribution in [0.1, 0.15) is 25.3 Å². The van der Waals surface area contributed by atoms with Crippen LogP contribution in [0.2, 0.25) is 5.02 Å². The van der Waals surface area contributed by atoms with Crippen molar-refractivity contribution in [2.75, 3.05) is 19.6 Å². The van der Waals surface area contributed by atoms with Crippen molar-refractivity contribution in [2.45, 2.75) is 38.4 Å². The van der Waals surface area contributed by atoms with E-state index >= 15 is 0 Å². The molecule has 2 aliphatic heterocycles. The van der Waals surface area contributed by atoms with Crippen LogP contribution in [-0.2, 0) is 6.54 Å². The van der Waals surface area contributed by atoms with Gasteiger partial charge in [-0.05, 0) is 44.0 Å². The lowest BCUT2D eigenvalue weighted by Crippen LogP contribution is -2.54. The molecule has 0 N–H and O–H groups in total. The lowest BCUT2D eigenvalue weighted by atomic mass is 10.1. The molecule has 1 aromatic carbocycles. The van der Waals surface area contributed by atoms with Crippen molar-refractivity contribution < 1.29 is 0 Å². The highest BCUT2D eigenvalue weighted by atomic mass is 35.5. The quantitative estimate of drug-likeness (QED) is 0.810. The number of hydrogen-bond acceptors (Lipinski definition) is 2. The monoisotopic (exact) mass is 264 g/mol. The van der Waals surface area contributed by atoms with Gasteiger partial charge in [0, 0.05) is 36.7 Å². The van der Waals surface area contributed by atoms with Crippen LogP contribution in [0.25, 0.3) is 0 Å². The molecule has 0 saturated carbocycles. The van der Waals surface area contributed by atoms with Crippen LogP contribution in [0.4, 0.5) is 0 Å². The molecule has 2 fully saturated rings. The number of benzene rings is 1. The maximum absolute atomic E-state index is 6.06. The lowest BCUT2D eigenvalue weighted by Gasteiger charge is -2.42. The van der Waals surface area contributed by atoms with Gasteiger partial charge < -0.3 is 0 Å². The van der Waals surface area contributed by atoms with Gasteiger partial charge in [0.05, 0.1) is 0 Å². The van der Waals surface area contributed by atoms with Crippen LogP contribution < -0.4 is 0 Å². The topological polar surface area (TPSA) is 6.48 Å². The molecule has 0 radical (unpaired) electrons. The highest BCUT2D eigenvalue weighted by Gasteiger charge is 2.34. The second kappa shape index (κ2) is 5.20. The Morgan fingerprint density at radius 2 is 2.22 bits per heavy atom. The average molecular weight is 265 g/mol. The number of piperazine rings is 1. The van der Waals surface area contributed by atoms with Gasteiger partial charge in [0.2, 0.25) is 0 Å². The first-order valence-corrected chi connectivity index (χ1v) is 7.33. The zero-order valence-electron chi connectivity index (χ0n) is 11.0. The molecule has 2 heterocycles. The molecule has 1 aromatic rings. The summed E-state index contributed by atoms with van der Waals surface area (Å²) in [6.07, 6.45) is 2.75. The minimum absolute atomic E-state index is 0.651. The average Bonchev–Trinajstić information content (AvgIpc) is 2.76. The molecule has 0 unspecified atom stereocenters. The third-order valence-electron chi connectivity index (χ3n) is 4.34. The fourth-order valence-electron chi connectivity index (χ4n) is 3.34.